The van der Waals surface area contributed by atoms with Crippen LogP contribution in [-0.4, -0.2) is 7.05 Å². The SMILES string of the molecule is CNCc1cccc(Oc2ccc(C)cc2C(C)(C)C)c1. The second kappa shape index (κ2) is 6.31. The highest BCUT2D eigenvalue weighted by molar-refractivity contribution is 5.44. The van der Waals surface area contributed by atoms with Gasteiger partial charge in [0, 0.05) is 12.1 Å². The molecule has 0 spiro atoms. The Kier molecular flexibility index (Phi) is 4.69. The highest BCUT2D eigenvalue weighted by Gasteiger charge is 2.19. The molecule has 0 fully saturated rings. The van der Waals surface area contributed by atoms with E-state index in [0.29, 0.717) is 0 Å². The fourth-order valence-electron chi connectivity index (χ4n) is 2.37. The van der Waals surface area contributed by atoms with E-state index in [2.05, 4.69) is 63.3 Å². The molecule has 21 heavy (non-hydrogen) atoms. The van der Waals surface area contributed by atoms with E-state index < -0.39 is 0 Å². The fraction of sp³-hybridized carbons (Fsp3) is 0.368. The first-order chi connectivity index (χ1) is 9.90. The van der Waals surface area contributed by atoms with Crippen molar-refractivity contribution in [1.82, 2.24) is 5.32 Å². The molecule has 1 N–H and O–H groups in total. The lowest BCUT2D eigenvalue weighted by Gasteiger charge is -2.23. The van der Waals surface area contributed by atoms with E-state index in [0.717, 1.165) is 18.0 Å². The van der Waals surface area contributed by atoms with Crippen molar-refractivity contribution in [3.63, 3.8) is 0 Å². The molecule has 0 heterocycles. The maximum Gasteiger partial charge on any atom is 0.131 e. The molecule has 0 atom stereocenters. The Morgan fingerprint density at radius 1 is 1.05 bits per heavy atom. The molecule has 0 aliphatic rings. The minimum absolute atomic E-state index is 0.0595. The molecular weight excluding hydrogens is 258 g/mol. The first kappa shape index (κ1) is 15.6. The average molecular weight is 283 g/mol. The molecule has 0 saturated carbocycles. The smallest absolute Gasteiger partial charge is 0.131 e. The number of hydrogen-bond donors (Lipinski definition) is 1. The van der Waals surface area contributed by atoms with Gasteiger partial charge in [0.05, 0.1) is 0 Å². The summed E-state index contributed by atoms with van der Waals surface area (Å²) in [5.41, 5.74) is 3.78. The molecule has 0 saturated heterocycles. The van der Waals surface area contributed by atoms with Crippen molar-refractivity contribution in [1.29, 1.82) is 0 Å². The van der Waals surface area contributed by atoms with Gasteiger partial charge in [0.15, 0.2) is 0 Å². The maximum atomic E-state index is 6.15. The Morgan fingerprint density at radius 3 is 2.48 bits per heavy atom. The minimum atomic E-state index is 0.0595. The second-order valence-corrected chi connectivity index (χ2v) is 6.53. The van der Waals surface area contributed by atoms with E-state index in [9.17, 15) is 0 Å². The zero-order valence-corrected chi connectivity index (χ0v) is 13.7. The summed E-state index contributed by atoms with van der Waals surface area (Å²) in [7, 11) is 1.95. The van der Waals surface area contributed by atoms with Gasteiger partial charge in [-0.2, -0.15) is 0 Å². The van der Waals surface area contributed by atoms with E-state index in [1.165, 1.54) is 16.7 Å². The van der Waals surface area contributed by atoms with Crippen LogP contribution >= 0.6 is 0 Å². The van der Waals surface area contributed by atoms with Crippen molar-refractivity contribution in [2.24, 2.45) is 0 Å². The number of rotatable bonds is 4. The lowest BCUT2D eigenvalue weighted by Crippen LogP contribution is -2.13. The van der Waals surface area contributed by atoms with Crippen LogP contribution in [0.25, 0.3) is 0 Å². The molecule has 2 aromatic rings. The molecule has 2 heteroatoms. The monoisotopic (exact) mass is 283 g/mol. The van der Waals surface area contributed by atoms with E-state index >= 15 is 0 Å². The summed E-state index contributed by atoms with van der Waals surface area (Å²) in [5, 5.41) is 3.16. The van der Waals surface area contributed by atoms with Gasteiger partial charge in [-0.25, -0.2) is 0 Å². The molecule has 0 bridgehead atoms. The van der Waals surface area contributed by atoms with Gasteiger partial charge in [-0.1, -0.05) is 50.6 Å². The van der Waals surface area contributed by atoms with Gasteiger partial charge >= 0.3 is 0 Å². The van der Waals surface area contributed by atoms with Crippen LogP contribution < -0.4 is 10.1 Å². The molecule has 2 aromatic carbocycles. The van der Waals surface area contributed by atoms with E-state index in [1.54, 1.807) is 0 Å². The second-order valence-electron chi connectivity index (χ2n) is 6.53. The van der Waals surface area contributed by atoms with Crippen molar-refractivity contribution in [3.8, 4) is 11.5 Å². The number of hydrogen-bond acceptors (Lipinski definition) is 2. The predicted molar refractivity (Wildman–Crippen MR) is 89.2 cm³/mol. The third-order valence-corrected chi connectivity index (χ3v) is 3.45. The minimum Gasteiger partial charge on any atom is -0.457 e. The van der Waals surface area contributed by atoms with Crippen LogP contribution in [0.3, 0.4) is 0 Å². The number of aryl methyl sites for hydroxylation is 1. The molecule has 0 radical (unpaired) electrons. The summed E-state index contributed by atoms with van der Waals surface area (Å²) >= 11 is 0. The molecule has 2 nitrogen and oxygen atoms in total. The lowest BCUT2D eigenvalue weighted by molar-refractivity contribution is 0.454. The van der Waals surface area contributed by atoms with Crippen molar-refractivity contribution < 1.29 is 4.74 Å². The number of ether oxygens (including phenoxy) is 1. The van der Waals surface area contributed by atoms with Crippen molar-refractivity contribution in [2.45, 2.75) is 39.7 Å². The predicted octanol–water partition coefficient (Wildman–Crippen LogP) is 4.80. The Hall–Kier alpha value is -1.80. The largest absolute Gasteiger partial charge is 0.457 e. The molecule has 0 aliphatic heterocycles. The van der Waals surface area contributed by atoms with Crippen molar-refractivity contribution in [2.75, 3.05) is 7.05 Å². The lowest BCUT2D eigenvalue weighted by atomic mass is 9.85. The molecule has 0 aromatic heterocycles. The van der Waals surface area contributed by atoms with Crippen molar-refractivity contribution in [3.05, 3.63) is 59.2 Å². The normalized spacial score (nSPS) is 11.5. The van der Waals surface area contributed by atoms with Crippen LogP contribution in [0, 0.1) is 6.92 Å². The standard InChI is InChI=1S/C19H25NO/c1-14-9-10-18(17(11-14)19(2,3)4)21-16-8-6-7-15(12-16)13-20-5/h6-12,20H,13H2,1-5H3. The van der Waals surface area contributed by atoms with Gasteiger partial charge in [-0.15, -0.1) is 0 Å². The highest BCUT2D eigenvalue weighted by atomic mass is 16.5. The summed E-state index contributed by atoms with van der Waals surface area (Å²) in [6.07, 6.45) is 0. The van der Waals surface area contributed by atoms with Crippen molar-refractivity contribution >= 4 is 0 Å². The van der Waals surface area contributed by atoms with Crippen LogP contribution in [0.5, 0.6) is 11.5 Å². The zero-order valence-electron chi connectivity index (χ0n) is 13.7. The number of benzene rings is 2. The van der Waals surface area contributed by atoms with Crippen LogP contribution in [0.15, 0.2) is 42.5 Å². The van der Waals surface area contributed by atoms with Crippen LogP contribution in [0.4, 0.5) is 0 Å². The van der Waals surface area contributed by atoms with Gasteiger partial charge in [0.1, 0.15) is 11.5 Å². The molecule has 0 aliphatic carbocycles. The van der Waals surface area contributed by atoms with E-state index in [-0.39, 0.29) is 5.41 Å². The molecule has 2 rings (SSSR count). The van der Waals surface area contributed by atoms with E-state index in [4.69, 9.17) is 4.74 Å². The Morgan fingerprint density at radius 2 is 1.81 bits per heavy atom. The van der Waals surface area contributed by atoms with Crippen LogP contribution in [0.2, 0.25) is 0 Å². The quantitative estimate of drug-likeness (QED) is 0.870. The first-order valence-corrected chi connectivity index (χ1v) is 7.42. The molecule has 0 amide bonds. The third kappa shape index (κ3) is 4.08. The summed E-state index contributed by atoms with van der Waals surface area (Å²) in [5.74, 6) is 1.83. The first-order valence-electron chi connectivity index (χ1n) is 7.42. The summed E-state index contributed by atoms with van der Waals surface area (Å²) < 4.78 is 6.15. The third-order valence-electron chi connectivity index (χ3n) is 3.45. The van der Waals surface area contributed by atoms with Gasteiger partial charge in [0.2, 0.25) is 0 Å². The summed E-state index contributed by atoms with van der Waals surface area (Å²) in [6, 6.07) is 14.6. The van der Waals surface area contributed by atoms with Crippen LogP contribution in [0.1, 0.15) is 37.5 Å². The summed E-state index contributed by atoms with van der Waals surface area (Å²) in [6.45, 7) is 9.61. The van der Waals surface area contributed by atoms with Gasteiger partial charge in [0.25, 0.3) is 0 Å². The van der Waals surface area contributed by atoms with Crippen LogP contribution in [-0.2, 0) is 12.0 Å². The molecular formula is C19H25NO. The Bertz CT molecular complexity index is 611. The zero-order chi connectivity index (χ0) is 15.5. The summed E-state index contributed by atoms with van der Waals surface area (Å²) in [4.78, 5) is 0. The Labute approximate surface area is 128 Å². The topological polar surface area (TPSA) is 21.3 Å². The average Bonchev–Trinajstić information content (AvgIpc) is 2.40. The van der Waals surface area contributed by atoms with E-state index in [1.807, 2.05) is 19.2 Å². The highest BCUT2D eigenvalue weighted by Crippen LogP contribution is 2.35. The van der Waals surface area contributed by atoms with Gasteiger partial charge < -0.3 is 10.1 Å². The Balaban J connectivity index is 2.33. The van der Waals surface area contributed by atoms with Gasteiger partial charge in [-0.3, -0.25) is 0 Å². The van der Waals surface area contributed by atoms with Gasteiger partial charge in [-0.05, 0) is 43.1 Å². The molecule has 112 valence electrons. The maximum absolute atomic E-state index is 6.15. The number of nitrogens with one attached hydrogen (secondary N) is 1. The molecule has 0 unspecified atom stereocenters. The fourth-order valence-corrected chi connectivity index (χ4v) is 2.37.